The van der Waals surface area contributed by atoms with E-state index in [1.807, 2.05) is 24.3 Å². The van der Waals surface area contributed by atoms with Gasteiger partial charge in [-0.25, -0.2) is 4.98 Å². The summed E-state index contributed by atoms with van der Waals surface area (Å²) < 4.78 is 2.16. The maximum atomic E-state index is 6.17. The quantitative estimate of drug-likeness (QED) is 0.756. The van der Waals surface area contributed by atoms with Gasteiger partial charge in [0.1, 0.15) is 5.65 Å². The first-order valence-corrected chi connectivity index (χ1v) is 7.92. The molecule has 0 aliphatic carbocycles. The average molecular weight is 334 g/mol. The van der Waals surface area contributed by atoms with Crippen LogP contribution < -0.4 is 5.73 Å². The van der Waals surface area contributed by atoms with E-state index in [1.165, 1.54) is 0 Å². The van der Waals surface area contributed by atoms with Crippen molar-refractivity contribution in [2.24, 2.45) is 5.73 Å². The molecule has 0 saturated heterocycles. The Hall–Kier alpha value is -1.55. The minimum atomic E-state index is 0.181. The molecule has 3 nitrogen and oxygen atoms in total. The van der Waals surface area contributed by atoms with Crippen LogP contribution in [-0.2, 0) is 0 Å². The molecule has 0 radical (unpaired) electrons. The Morgan fingerprint density at radius 3 is 2.64 bits per heavy atom. The maximum absolute atomic E-state index is 6.17. The summed E-state index contributed by atoms with van der Waals surface area (Å²) in [6, 6.07) is 11.7. The van der Waals surface area contributed by atoms with Gasteiger partial charge in [-0.1, -0.05) is 42.3 Å². The predicted molar refractivity (Wildman–Crippen MR) is 92.9 cm³/mol. The summed E-state index contributed by atoms with van der Waals surface area (Å²) in [6.07, 6.45) is 0. The molecule has 22 heavy (non-hydrogen) atoms. The number of aromatic nitrogens is 2. The molecule has 0 fully saturated rings. The highest BCUT2D eigenvalue weighted by atomic mass is 35.5. The summed E-state index contributed by atoms with van der Waals surface area (Å²) in [5, 5.41) is 1.07. The van der Waals surface area contributed by atoms with Crippen molar-refractivity contribution in [3.63, 3.8) is 0 Å². The van der Waals surface area contributed by atoms with E-state index in [9.17, 15) is 0 Å². The minimum absolute atomic E-state index is 0.181. The molecular formula is C17H17Cl2N3. The highest BCUT2D eigenvalue weighted by molar-refractivity contribution is 6.42. The Kier molecular flexibility index (Phi) is 4.13. The monoisotopic (exact) mass is 333 g/mol. The summed E-state index contributed by atoms with van der Waals surface area (Å²) in [5.41, 5.74) is 10.9. The van der Waals surface area contributed by atoms with Crippen LogP contribution in [0.25, 0.3) is 16.9 Å². The molecule has 1 unspecified atom stereocenters. The normalized spacial score (nSPS) is 12.8. The van der Waals surface area contributed by atoms with Gasteiger partial charge in [0.05, 0.1) is 21.4 Å². The van der Waals surface area contributed by atoms with Crippen molar-refractivity contribution in [3.8, 4) is 11.3 Å². The van der Waals surface area contributed by atoms with Crippen molar-refractivity contribution in [2.75, 3.05) is 6.54 Å². The SMILES string of the molecule is Cc1cccc2nc(-c3ccc(Cl)c(Cl)c3)c(C(C)CN)n12. The highest BCUT2D eigenvalue weighted by Gasteiger charge is 2.20. The number of imidazole rings is 1. The Morgan fingerprint density at radius 2 is 1.95 bits per heavy atom. The van der Waals surface area contributed by atoms with Gasteiger partial charge in [0.25, 0.3) is 0 Å². The van der Waals surface area contributed by atoms with Crippen LogP contribution in [0.15, 0.2) is 36.4 Å². The van der Waals surface area contributed by atoms with E-state index in [4.69, 9.17) is 33.9 Å². The molecule has 3 aromatic rings. The number of rotatable bonds is 3. The maximum Gasteiger partial charge on any atom is 0.137 e. The summed E-state index contributed by atoms with van der Waals surface area (Å²) >= 11 is 12.2. The van der Waals surface area contributed by atoms with Crippen molar-refractivity contribution in [3.05, 3.63) is 57.8 Å². The number of hydrogen-bond donors (Lipinski definition) is 1. The van der Waals surface area contributed by atoms with Crippen LogP contribution in [0.5, 0.6) is 0 Å². The third-order valence-corrected chi connectivity index (χ3v) is 4.63. The van der Waals surface area contributed by atoms with Gasteiger partial charge in [-0.3, -0.25) is 0 Å². The van der Waals surface area contributed by atoms with Crippen molar-refractivity contribution in [1.29, 1.82) is 0 Å². The number of fused-ring (bicyclic) bond motifs is 1. The number of nitrogens with zero attached hydrogens (tertiary/aromatic N) is 2. The molecule has 0 bridgehead atoms. The van der Waals surface area contributed by atoms with Gasteiger partial charge in [0.2, 0.25) is 0 Å². The molecule has 114 valence electrons. The van der Waals surface area contributed by atoms with Crippen molar-refractivity contribution in [1.82, 2.24) is 9.38 Å². The lowest BCUT2D eigenvalue weighted by molar-refractivity contribution is 0.733. The van der Waals surface area contributed by atoms with Gasteiger partial charge < -0.3 is 10.1 Å². The van der Waals surface area contributed by atoms with Crippen LogP contribution in [0, 0.1) is 6.92 Å². The average Bonchev–Trinajstić information content (AvgIpc) is 2.90. The van der Waals surface area contributed by atoms with Gasteiger partial charge in [0, 0.05) is 23.7 Å². The predicted octanol–water partition coefficient (Wildman–Crippen LogP) is 4.68. The third kappa shape index (κ3) is 2.50. The first-order valence-electron chi connectivity index (χ1n) is 7.16. The lowest BCUT2D eigenvalue weighted by Gasteiger charge is -2.13. The second-order valence-corrected chi connectivity index (χ2v) is 6.29. The topological polar surface area (TPSA) is 43.3 Å². The largest absolute Gasteiger partial charge is 0.330 e. The number of aryl methyl sites for hydroxylation is 1. The molecule has 2 N–H and O–H groups in total. The first kappa shape index (κ1) is 15.3. The number of pyridine rings is 1. The zero-order chi connectivity index (χ0) is 15.9. The second kappa shape index (κ2) is 5.92. The summed E-state index contributed by atoms with van der Waals surface area (Å²) in [6.45, 7) is 4.73. The van der Waals surface area contributed by atoms with Gasteiger partial charge in [-0.2, -0.15) is 0 Å². The minimum Gasteiger partial charge on any atom is -0.330 e. The Balaban J connectivity index is 2.33. The first-order chi connectivity index (χ1) is 10.5. The number of hydrogen-bond acceptors (Lipinski definition) is 2. The summed E-state index contributed by atoms with van der Waals surface area (Å²) in [7, 11) is 0. The van der Waals surface area contributed by atoms with E-state index in [0.717, 1.165) is 28.3 Å². The summed E-state index contributed by atoms with van der Waals surface area (Å²) in [4.78, 5) is 4.79. The molecule has 2 aromatic heterocycles. The molecule has 0 amide bonds. The summed E-state index contributed by atoms with van der Waals surface area (Å²) in [5.74, 6) is 0.181. The standard InChI is InChI=1S/C17H17Cl2N3/c1-10(9-20)17-16(12-6-7-13(18)14(19)8-12)21-15-5-3-4-11(2)22(15)17/h3-8,10H,9,20H2,1-2H3. The molecule has 1 aromatic carbocycles. The number of nitrogens with two attached hydrogens (primary N) is 1. The zero-order valence-corrected chi connectivity index (χ0v) is 14.0. The van der Waals surface area contributed by atoms with E-state index >= 15 is 0 Å². The van der Waals surface area contributed by atoms with Gasteiger partial charge >= 0.3 is 0 Å². The highest BCUT2D eigenvalue weighted by Crippen LogP contribution is 2.33. The smallest absolute Gasteiger partial charge is 0.137 e. The van der Waals surface area contributed by atoms with Crippen LogP contribution >= 0.6 is 23.2 Å². The van der Waals surface area contributed by atoms with E-state index in [1.54, 1.807) is 6.07 Å². The lowest BCUT2D eigenvalue weighted by atomic mass is 10.0. The molecule has 0 spiro atoms. The van der Waals surface area contributed by atoms with Crippen LogP contribution in [-0.4, -0.2) is 15.9 Å². The Labute approximate surface area is 139 Å². The molecule has 1 atom stereocenters. The van der Waals surface area contributed by atoms with Crippen LogP contribution in [0.4, 0.5) is 0 Å². The number of benzene rings is 1. The van der Waals surface area contributed by atoms with Gasteiger partial charge in [-0.15, -0.1) is 0 Å². The van der Waals surface area contributed by atoms with Gasteiger partial charge in [0.15, 0.2) is 0 Å². The van der Waals surface area contributed by atoms with Crippen LogP contribution in [0.2, 0.25) is 10.0 Å². The van der Waals surface area contributed by atoms with Crippen LogP contribution in [0.3, 0.4) is 0 Å². The molecule has 0 aliphatic rings. The molecular weight excluding hydrogens is 317 g/mol. The Morgan fingerprint density at radius 1 is 1.18 bits per heavy atom. The second-order valence-electron chi connectivity index (χ2n) is 5.47. The van der Waals surface area contributed by atoms with Gasteiger partial charge in [-0.05, 0) is 31.2 Å². The molecule has 0 saturated carbocycles. The number of halogens is 2. The fourth-order valence-corrected chi connectivity index (χ4v) is 3.00. The molecule has 0 aliphatic heterocycles. The van der Waals surface area contributed by atoms with E-state index < -0.39 is 0 Å². The molecule has 2 heterocycles. The molecule has 5 heteroatoms. The van der Waals surface area contributed by atoms with Crippen molar-refractivity contribution < 1.29 is 0 Å². The van der Waals surface area contributed by atoms with Crippen molar-refractivity contribution >= 4 is 28.8 Å². The van der Waals surface area contributed by atoms with E-state index in [-0.39, 0.29) is 5.92 Å². The van der Waals surface area contributed by atoms with E-state index in [0.29, 0.717) is 16.6 Å². The van der Waals surface area contributed by atoms with E-state index in [2.05, 4.69) is 24.3 Å². The molecule has 3 rings (SSSR count). The zero-order valence-electron chi connectivity index (χ0n) is 12.5. The van der Waals surface area contributed by atoms with Crippen molar-refractivity contribution in [2.45, 2.75) is 19.8 Å². The fraction of sp³-hybridized carbons (Fsp3) is 0.235. The van der Waals surface area contributed by atoms with Crippen LogP contribution in [0.1, 0.15) is 24.2 Å². The fourth-order valence-electron chi connectivity index (χ4n) is 2.70. The Bertz CT molecular complexity index is 839. The lowest BCUT2D eigenvalue weighted by Crippen LogP contribution is -2.12. The third-order valence-electron chi connectivity index (χ3n) is 3.89.